The van der Waals surface area contributed by atoms with E-state index in [1.54, 1.807) is 5.38 Å². The molecule has 0 aliphatic carbocycles. The maximum absolute atomic E-state index is 12.3. The van der Waals surface area contributed by atoms with Gasteiger partial charge in [-0.25, -0.2) is 4.98 Å². The Balaban J connectivity index is 0.00000312. The van der Waals surface area contributed by atoms with Gasteiger partial charge in [-0.15, -0.1) is 23.7 Å². The molecule has 1 aromatic carbocycles. The number of aromatic nitrogens is 1. The van der Waals surface area contributed by atoms with Crippen molar-refractivity contribution in [2.75, 3.05) is 26.1 Å². The molecular weight excluding hydrogens is 368 g/mol. The number of primary amides is 1. The van der Waals surface area contributed by atoms with Crippen molar-refractivity contribution in [3.63, 3.8) is 0 Å². The fourth-order valence-corrected chi connectivity index (χ4v) is 2.82. The van der Waals surface area contributed by atoms with E-state index in [4.69, 9.17) is 20.9 Å². The second-order valence-electron chi connectivity index (χ2n) is 4.74. The van der Waals surface area contributed by atoms with E-state index in [2.05, 4.69) is 10.3 Å². The quantitative estimate of drug-likeness (QED) is 0.660. The van der Waals surface area contributed by atoms with Gasteiger partial charge in [0.05, 0.1) is 30.5 Å². The SMILES string of the molecule is COc1cc(NC(=O)c2csc(CCN)n2)c(C(N)=O)cc1OC.Cl. The van der Waals surface area contributed by atoms with Crippen LogP contribution < -0.4 is 26.3 Å². The second-order valence-corrected chi connectivity index (χ2v) is 5.68. The lowest BCUT2D eigenvalue weighted by Gasteiger charge is -2.13. The van der Waals surface area contributed by atoms with Crippen LogP contribution in [-0.2, 0) is 6.42 Å². The lowest BCUT2D eigenvalue weighted by atomic mass is 10.1. The summed E-state index contributed by atoms with van der Waals surface area (Å²) < 4.78 is 10.3. The van der Waals surface area contributed by atoms with Crippen molar-refractivity contribution in [1.29, 1.82) is 0 Å². The summed E-state index contributed by atoms with van der Waals surface area (Å²) in [6.45, 7) is 0.454. The van der Waals surface area contributed by atoms with Crippen LogP contribution in [-0.4, -0.2) is 37.6 Å². The smallest absolute Gasteiger partial charge is 0.275 e. The zero-order valence-corrected chi connectivity index (χ0v) is 15.3. The summed E-state index contributed by atoms with van der Waals surface area (Å²) in [6, 6.07) is 2.89. The van der Waals surface area contributed by atoms with E-state index in [9.17, 15) is 9.59 Å². The minimum Gasteiger partial charge on any atom is -0.493 e. The monoisotopic (exact) mass is 386 g/mol. The number of nitrogens with one attached hydrogen (secondary N) is 1. The van der Waals surface area contributed by atoms with E-state index >= 15 is 0 Å². The van der Waals surface area contributed by atoms with Crippen LogP contribution in [0.4, 0.5) is 5.69 Å². The van der Waals surface area contributed by atoms with Crippen molar-refractivity contribution in [2.24, 2.45) is 11.5 Å². The van der Waals surface area contributed by atoms with Crippen LogP contribution in [0.5, 0.6) is 11.5 Å². The van der Waals surface area contributed by atoms with Gasteiger partial charge in [0, 0.05) is 17.9 Å². The van der Waals surface area contributed by atoms with E-state index < -0.39 is 11.8 Å². The number of amides is 2. The number of rotatable bonds is 7. The predicted octanol–water partition coefficient (Wildman–Crippen LogP) is 1.43. The molecule has 0 unspecified atom stereocenters. The number of carbonyl (C=O) groups is 2. The van der Waals surface area contributed by atoms with Crippen LogP contribution in [0.25, 0.3) is 0 Å². The summed E-state index contributed by atoms with van der Waals surface area (Å²) in [4.78, 5) is 28.2. The Morgan fingerprint density at radius 2 is 1.88 bits per heavy atom. The van der Waals surface area contributed by atoms with Gasteiger partial charge in [-0.3, -0.25) is 9.59 Å². The molecule has 10 heteroatoms. The number of anilines is 1. The first kappa shape index (κ1) is 20.7. The van der Waals surface area contributed by atoms with Crippen molar-refractivity contribution in [2.45, 2.75) is 6.42 Å². The Kier molecular flexibility index (Phi) is 7.62. The number of benzene rings is 1. The molecule has 136 valence electrons. The molecule has 1 aromatic heterocycles. The van der Waals surface area contributed by atoms with Crippen molar-refractivity contribution < 1.29 is 19.1 Å². The van der Waals surface area contributed by atoms with Gasteiger partial charge in [0.15, 0.2) is 11.5 Å². The molecule has 0 aliphatic heterocycles. The maximum Gasteiger partial charge on any atom is 0.275 e. The molecule has 8 nitrogen and oxygen atoms in total. The zero-order valence-electron chi connectivity index (χ0n) is 13.7. The number of thiazole rings is 1. The number of carbonyl (C=O) groups excluding carboxylic acids is 2. The van der Waals surface area contributed by atoms with Gasteiger partial charge >= 0.3 is 0 Å². The summed E-state index contributed by atoms with van der Waals surface area (Å²) >= 11 is 1.35. The molecule has 0 spiro atoms. The molecule has 5 N–H and O–H groups in total. The second kappa shape index (κ2) is 9.21. The molecule has 0 saturated carbocycles. The van der Waals surface area contributed by atoms with Crippen molar-refractivity contribution in [1.82, 2.24) is 4.98 Å². The largest absolute Gasteiger partial charge is 0.493 e. The number of ether oxygens (including phenoxy) is 2. The van der Waals surface area contributed by atoms with Crippen LogP contribution in [0.3, 0.4) is 0 Å². The van der Waals surface area contributed by atoms with Crippen LogP contribution in [0.2, 0.25) is 0 Å². The highest BCUT2D eigenvalue weighted by molar-refractivity contribution is 7.09. The topological polar surface area (TPSA) is 130 Å². The predicted molar refractivity (Wildman–Crippen MR) is 98.1 cm³/mol. The molecule has 0 aliphatic rings. The maximum atomic E-state index is 12.3. The number of halogens is 1. The lowest BCUT2D eigenvalue weighted by molar-refractivity contribution is 0.100. The number of nitrogens with zero attached hydrogens (tertiary/aromatic N) is 1. The summed E-state index contributed by atoms with van der Waals surface area (Å²) in [5, 5.41) is 5.03. The van der Waals surface area contributed by atoms with Gasteiger partial charge in [0.2, 0.25) is 0 Å². The summed E-state index contributed by atoms with van der Waals surface area (Å²) in [6.07, 6.45) is 0.598. The minimum atomic E-state index is -0.701. The minimum absolute atomic E-state index is 0. The van der Waals surface area contributed by atoms with E-state index in [1.165, 1.54) is 37.7 Å². The number of hydrogen-bond donors (Lipinski definition) is 3. The van der Waals surface area contributed by atoms with E-state index in [1.807, 2.05) is 0 Å². The number of methoxy groups -OCH3 is 2. The molecule has 2 amide bonds. The van der Waals surface area contributed by atoms with Crippen molar-refractivity contribution in [3.8, 4) is 11.5 Å². The fourth-order valence-electron chi connectivity index (χ4n) is 2.03. The molecule has 0 radical (unpaired) electrons. The highest BCUT2D eigenvalue weighted by Gasteiger charge is 2.18. The highest BCUT2D eigenvalue weighted by atomic mass is 35.5. The summed E-state index contributed by atoms with van der Waals surface area (Å²) in [7, 11) is 2.89. The molecule has 0 atom stereocenters. The molecule has 0 fully saturated rings. The van der Waals surface area contributed by atoms with Crippen molar-refractivity contribution in [3.05, 3.63) is 33.8 Å². The summed E-state index contributed by atoms with van der Waals surface area (Å²) in [5.74, 6) is -0.458. The van der Waals surface area contributed by atoms with Gasteiger partial charge < -0.3 is 26.3 Å². The third-order valence-corrected chi connectivity index (χ3v) is 4.09. The van der Waals surface area contributed by atoms with Crippen molar-refractivity contribution >= 4 is 41.2 Å². The lowest BCUT2D eigenvalue weighted by Crippen LogP contribution is -2.19. The Morgan fingerprint density at radius 3 is 2.44 bits per heavy atom. The number of nitrogens with two attached hydrogens (primary N) is 2. The van der Waals surface area contributed by atoms with E-state index in [-0.39, 0.29) is 29.4 Å². The van der Waals surface area contributed by atoms with Crippen LogP contribution >= 0.6 is 23.7 Å². The normalized spacial score (nSPS) is 9.88. The molecule has 1 heterocycles. The van der Waals surface area contributed by atoms with Gasteiger partial charge in [-0.05, 0) is 12.6 Å². The van der Waals surface area contributed by atoms with Crippen LogP contribution in [0, 0.1) is 0 Å². The first-order valence-electron chi connectivity index (χ1n) is 7.01. The Hall–Kier alpha value is -2.36. The average molecular weight is 387 g/mol. The Labute approximate surface area is 154 Å². The molecular formula is C15H19ClN4O4S. The molecule has 0 saturated heterocycles. The zero-order chi connectivity index (χ0) is 17.7. The third-order valence-electron chi connectivity index (χ3n) is 3.18. The summed E-state index contributed by atoms with van der Waals surface area (Å²) in [5.41, 5.74) is 11.4. The fraction of sp³-hybridized carbons (Fsp3) is 0.267. The van der Waals surface area contributed by atoms with E-state index in [0.29, 0.717) is 24.5 Å². The van der Waals surface area contributed by atoms with E-state index in [0.717, 1.165) is 5.01 Å². The third kappa shape index (κ3) is 4.81. The molecule has 2 aromatic rings. The molecule has 2 rings (SSSR count). The van der Waals surface area contributed by atoms with Gasteiger partial charge in [0.25, 0.3) is 11.8 Å². The standard InChI is InChI=1S/C15H18N4O4S.ClH/c1-22-11-5-8(14(17)20)9(6-12(11)23-2)19-15(21)10-7-24-13(18-10)3-4-16;/h5-7H,3-4,16H2,1-2H3,(H2,17,20)(H,19,21);1H. The van der Waals surface area contributed by atoms with Crippen LogP contribution in [0.1, 0.15) is 25.9 Å². The van der Waals surface area contributed by atoms with Gasteiger partial charge in [0.1, 0.15) is 5.69 Å². The number of hydrogen-bond acceptors (Lipinski definition) is 7. The first-order valence-corrected chi connectivity index (χ1v) is 7.89. The van der Waals surface area contributed by atoms with Crippen LogP contribution in [0.15, 0.2) is 17.5 Å². The van der Waals surface area contributed by atoms with Gasteiger partial charge in [-0.1, -0.05) is 0 Å². The molecule has 25 heavy (non-hydrogen) atoms. The highest BCUT2D eigenvalue weighted by Crippen LogP contribution is 2.33. The Bertz CT molecular complexity index is 766. The Morgan fingerprint density at radius 1 is 1.24 bits per heavy atom. The average Bonchev–Trinajstić information content (AvgIpc) is 3.03. The first-order chi connectivity index (χ1) is 11.5. The molecule has 0 bridgehead atoms. The van der Waals surface area contributed by atoms with Gasteiger partial charge in [-0.2, -0.15) is 0 Å².